The van der Waals surface area contributed by atoms with E-state index in [0.717, 1.165) is 5.69 Å². The zero-order valence-electron chi connectivity index (χ0n) is 16.8. The van der Waals surface area contributed by atoms with E-state index in [9.17, 15) is 9.59 Å². The van der Waals surface area contributed by atoms with Gasteiger partial charge in [-0.15, -0.1) is 0 Å². The molecule has 2 aromatic rings. The van der Waals surface area contributed by atoms with E-state index in [1.54, 1.807) is 17.4 Å². The van der Waals surface area contributed by atoms with Crippen molar-refractivity contribution in [3.8, 4) is 0 Å². The molecule has 0 spiro atoms. The summed E-state index contributed by atoms with van der Waals surface area (Å²) in [7, 11) is 0. The molecule has 2 heterocycles. The quantitative estimate of drug-likeness (QED) is 0.407. The molecule has 1 aliphatic heterocycles. The highest BCUT2D eigenvalue weighted by Crippen LogP contribution is 2.24. The minimum Gasteiger partial charge on any atom is -0.368 e. The molecule has 7 N–H and O–H groups in total. The number of hydrogen-bond acceptors (Lipinski definition) is 9. The zero-order valence-corrected chi connectivity index (χ0v) is 16.8. The van der Waals surface area contributed by atoms with Crippen LogP contribution in [0.5, 0.6) is 0 Å². The average molecular weight is 411 g/mol. The van der Waals surface area contributed by atoms with Crippen LogP contribution in [0.1, 0.15) is 30.8 Å². The molecule has 3 rings (SSSR count). The second-order valence-electron chi connectivity index (χ2n) is 7.19. The number of anilines is 4. The number of aromatic nitrogens is 2. The van der Waals surface area contributed by atoms with E-state index in [0.29, 0.717) is 24.5 Å². The number of nitrogens with two attached hydrogens (primary N) is 2. The summed E-state index contributed by atoms with van der Waals surface area (Å²) in [4.78, 5) is 32.1. The van der Waals surface area contributed by atoms with E-state index in [2.05, 4.69) is 31.1 Å². The maximum atomic E-state index is 11.8. The van der Waals surface area contributed by atoms with Gasteiger partial charge >= 0.3 is 0 Å². The van der Waals surface area contributed by atoms with E-state index in [-0.39, 0.29) is 17.4 Å². The summed E-state index contributed by atoms with van der Waals surface area (Å²) in [5.41, 5.74) is 15.4. The van der Waals surface area contributed by atoms with Crippen LogP contribution in [0.3, 0.4) is 0 Å². The highest BCUT2D eigenvalue weighted by Gasteiger charge is 2.20. The second-order valence-corrected chi connectivity index (χ2v) is 7.19. The molecule has 1 aliphatic rings. The Hall–Kier alpha value is -3.73. The number of nitrogens with zero attached hydrogens (tertiary/aromatic N) is 4. The molecule has 1 aromatic heterocycles. The lowest BCUT2D eigenvalue weighted by atomic mass is 10.0. The lowest BCUT2D eigenvalue weighted by Crippen LogP contribution is -2.37. The van der Waals surface area contributed by atoms with E-state index in [1.807, 2.05) is 32.0 Å². The van der Waals surface area contributed by atoms with E-state index in [4.69, 9.17) is 11.5 Å². The largest absolute Gasteiger partial charge is 0.368 e. The van der Waals surface area contributed by atoms with Gasteiger partial charge in [0, 0.05) is 11.9 Å². The van der Waals surface area contributed by atoms with Crippen molar-refractivity contribution >= 4 is 41.0 Å². The number of nitrogens with one attached hydrogen (secondary N) is 3. The number of hydrogen-bond donors (Lipinski definition) is 5. The molecular formula is C19H25N9O2. The highest BCUT2D eigenvalue weighted by atomic mass is 16.1. The van der Waals surface area contributed by atoms with Crippen molar-refractivity contribution in [2.24, 2.45) is 22.5 Å². The van der Waals surface area contributed by atoms with Gasteiger partial charge in [0.2, 0.25) is 5.91 Å². The first-order valence-electron chi connectivity index (χ1n) is 9.49. The summed E-state index contributed by atoms with van der Waals surface area (Å²) < 4.78 is 0. The molecule has 1 atom stereocenters. The zero-order chi connectivity index (χ0) is 21.7. The fourth-order valence-electron chi connectivity index (χ4n) is 2.92. The van der Waals surface area contributed by atoms with Gasteiger partial charge in [0.15, 0.2) is 11.5 Å². The average Bonchev–Trinajstić information content (AvgIpc) is 3.22. The van der Waals surface area contributed by atoms with Crippen molar-refractivity contribution in [1.29, 1.82) is 0 Å². The van der Waals surface area contributed by atoms with Gasteiger partial charge in [-0.1, -0.05) is 19.9 Å². The van der Waals surface area contributed by atoms with Crippen LogP contribution in [0.15, 0.2) is 35.6 Å². The molecule has 0 aliphatic carbocycles. The van der Waals surface area contributed by atoms with Crippen LogP contribution in [0.2, 0.25) is 0 Å². The molecule has 11 heteroatoms. The first-order chi connectivity index (χ1) is 14.3. The predicted molar refractivity (Wildman–Crippen MR) is 115 cm³/mol. The van der Waals surface area contributed by atoms with Gasteiger partial charge in [0.05, 0.1) is 18.4 Å². The third-order valence-electron chi connectivity index (χ3n) is 4.26. The minimum absolute atomic E-state index is 0.0252. The van der Waals surface area contributed by atoms with Crippen LogP contribution in [0.4, 0.5) is 23.0 Å². The van der Waals surface area contributed by atoms with Crippen molar-refractivity contribution in [3.05, 3.63) is 36.2 Å². The van der Waals surface area contributed by atoms with Crippen LogP contribution < -0.4 is 32.6 Å². The smallest absolute Gasteiger partial charge is 0.271 e. The third kappa shape index (κ3) is 5.20. The van der Waals surface area contributed by atoms with Crippen molar-refractivity contribution in [3.63, 3.8) is 0 Å². The van der Waals surface area contributed by atoms with Crippen molar-refractivity contribution < 1.29 is 9.59 Å². The normalized spacial score (nSPS) is 14.0. The van der Waals surface area contributed by atoms with Crippen LogP contribution in [0, 0.1) is 5.92 Å². The molecule has 0 bridgehead atoms. The van der Waals surface area contributed by atoms with Crippen molar-refractivity contribution in [2.75, 3.05) is 22.3 Å². The summed E-state index contributed by atoms with van der Waals surface area (Å²) >= 11 is 0. The van der Waals surface area contributed by atoms with E-state index < -0.39 is 17.9 Å². The molecule has 0 radical (unpaired) electrons. The SMILES string of the molecule is CC(C)C[C@@H](Nc1cnc(C(N)=O)c(Nc2cccc(N3N=CCN3)c2)n1)C(N)=O. The standard InChI is InChI=1S/C19H25N9O2/c1-11(2)8-14(17(20)29)26-15-10-22-16(18(21)30)19(27-15)25-12-4-3-5-13(9-12)28-23-6-7-24-28/h3-6,9-11,14,24H,7-8H2,1-2H3,(H2,20,29)(H2,21,30)(H2,25,26,27)/t14-/m1/s1. The number of hydrazine groups is 1. The second kappa shape index (κ2) is 9.18. The minimum atomic E-state index is -0.729. The topological polar surface area (TPSA) is 164 Å². The van der Waals surface area contributed by atoms with Gasteiger partial charge < -0.3 is 22.1 Å². The van der Waals surface area contributed by atoms with Gasteiger partial charge in [0.1, 0.15) is 11.9 Å². The summed E-state index contributed by atoms with van der Waals surface area (Å²) in [6.07, 6.45) is 3.63. The van der Waals surface area contributed by atoms with Crippen molar-refractivity contribution in [2.45, 2.75) is 26.3 Å². The third-order valence-corrected chi connectivity index (χ3v) is 4.26. The fourth-order valence-corrected chi connectivity index (χ4v) is 2.92. The Morgan fingerprint density at radius 2 is 2.10 bits per heavy atom. The Morgan fingerprint density at radius 1 is 1.30 bits per heavy atom. The highest BCUT2D eigenvalue weighted by molar-refractivity contribution is 5.96. The molecule has 1 aromatic carbocycles. The van der Waals surface area contributed by atoms with Crippen molar-refractivity contribution in [1.82, 2.24) is 15.4 Å². The first kappa shape index (κ1) is 21.0. The number of benzene rings is 1. The lowest BCUT2D eigenvalue weighted by Gasteiger charge is -2.19. The van der Waals surface area contributed by atoms with Crippen LogP contribution in [-0.4, -0.2) is 40.6 Å². The molecule has 0 saturated carbocycles. The molecule has 11 nitrogen and oxygen atoms in total. The van der Waals surface area contributed by atoms with Gasteiger partial charge in [0.25, 0.3) is 5.91 Å². The molecule has 0 fully saturated rings. The number of rotatable bonds is 9. The first-order valence-corrected chi connectivity index (χ1v) is 9.49. The summed E-state index contributed by atoms with van der Waals surface area (Å²) in [5, 5.41) is 11.9. The number of carbonyl (C=O) groups is 2. The number of primary amides is 2. The Balaban J connectivity index is 1.86. The van der Waals surface area contributed by atoms with Gasteiger partial charge in [-0.25, -0.2) is 15.4 Å². The summed E-state index contributed by atoms with van der Waals surface area (Å²) in [6.45, 7) is 4.61. The number of hydrazone groups is 1. The molecular weight excluding hydrogens is 386 g/mol. The predicted octanol–water partition coefficient (Wildman–Crippen LogP) is 0.941. The summed E-state index contributed by atoms with van der Waals surface area (Å²) in [5.74, 6) is -0.517. The van der Waals surface area contributed by atoms with Crippen LogP contribution in [-0.2, 0) is 4.79 Å². The number of carbonyl (C=O) groups excluding carboxylic acids is 2. The van der Waals surface area contributed by atoms with Gasteiger partial charge in [-0.3, -0.25) is 9.59 Å². The molecule has 158 valence electrons. The summed E-state index contributed by atoms with van der Waals surface area (Å²) in [6, 6.07) is 6.73. The maximum absolute atomic E-state index is 11.8. The number of amides is 2. The molecule has 0 unspecified atom stereocenters. The lowest BCUT2D eigenvalue weighted by molar-refractivity contribution is -0.119. The van der Waals surface area contributed by atoms with E-state index in [1.165, 1.54) is 6.20 Å². The van der Waals surface area contributed by atoms with Gasteiger partial charge in [-0.05, 0) is 30.5 Å². The van der Waals surface area contributed by atoms with Crippen LogP contribution >= 0.6 is 0 Å². The maximum Gasteiger partial charge on any atom is 0.271 e. The van der Waals surface area contributed by atoms with Crippen LogP contribution in [0.25, 0.3) is 0 Å². The monoisotopic (exact) mass is 411 g/mol. The Kier molecular flexibility index (Phi) is 6.42. The molecule has 30 heavy (non-hydrogen) atoms. The molecule has 0 saturated heterocycles. The molecule has 2 amide bonds. The Morgan fingerprint density at radius 3 is 2.73 bits per heavy atom. The van der Waals surface area contributed by atoms with E-state index >= 15 is 0 Å². The Bertz CT molecular complexity index is 961. The van der Waals surface area contributed by atoms with Gasteiger partial charge in [-0.2, -0.15) is 10.2 Å². The Labute approximate surface area is 173 Å². The fraction of sp³-hybridized carbons (Fsp3) is 0.316.